The average Bonchev–Trinajstić information content (AvgIpc) is 3.04. The number of hydrogen-bond donors (Lipinski definition) is 0. The van der Waals surface area contributed by atoms with Gasteiger partial charge in [0.1, 0.15) is 36.1 Å². The van der Waals surface area contributed by atoms with Crippen LogP contribution in [0.2, 0.25) is 5.02 Å². The number of halogens is 1. The molecule has 0 aliphatic heterocycles. The van der Waals surface area contributed by atoms with Gasteiger partial charge < -0.3 is 18.5 Å². The molecule has 1 aromatic heterocycles. The third-order valence-electron chi connectivity index (χ3n) is 6.60. The zero-order valence-corrected chi connectivity index (χ0v) is 18.7. The monoisotopic (exact) mass is 415 g/mol. The van der Waals surface area contributed by atoms with Gasteiger partial charge in [-0.25, -0.2) is 0 Å². The van der Waals surface area contributed by atoms with Crippen molar-refractivity contribution in [3.63, 3.8) is 0 Å². The minimum Gasteiger partial charge on any atom is -0.488 e. The van der Waals surface area contributed by atoms with Crippen LogP contribution < -0.4 is 4.74 Å². The molecule has 4 rings (SSSR count). The summed E-state index contributed by atoms with van der Waals surface area (Å²) in [6.07, 6.45) is 5.28. The lowest BCUT2D eigenvalue weighted by Crippen LogP contribution is -2.60. The smallest absolute Gasteiger partial charge is 0.139 e. The maximum Gasteiger partial charge on any atom is 0.139 e. The van der Waals surface area contributed by atoms with Crippen molar-refractivity contribution in [2.24, 2.45) is 0 Å². The average molecular weight is 416 g/mol. The van der Waals surface area contributed by atoms with Crippen LogP contribution >= 0.6 is 11.6 Å². The fraction of sp³-hybridized carbons (Fsp3) is 0.500. The van der Waals surface area contributed by atoms with Gasteiger partial charge in [0.05, 0.1) is 20.1 Å². The molecule has 1 saturated carbocycles. The molecule has 0 spiro atoms. The van der Waals surface area contributed by atoms with E-state index in [1.54, 1.807) is 0 Å². The van der Waals surface area contributed by atoms with E-state index in [1.807, 2.05) is 30.3 Å². The van der Waals surface area contributed by atoms with Gasteiger partial charge in [-0.05, 0) is 51.2 Å². The summed E-state index contributed by atoms with van der Waals surface area (Å²) < 4.78 is 13.1. The molecule has 4 nitrogen and oxygen atoms in total. The van der Waals surface area contributed by atoms with Crippen LogP contribution in [0.4, 0.5) is 0 Å². The normalized spacial score (nSPS) is 20.6. The predicted octanol–water partition coefficient (Wildman–Crippen LogP) is 5.57. The van der Waals surface area contributed by atoms with E-state index in [1.165, 1.54) is 25.7 Å². The zero-order valence-electron chi connectivity index (χ0n) is 18.0. The Bertz CT molecular complexity index is 995. The first kappa shape index (κ1) is 20.5. The summed E-state index contributed by atoms with van der Waals surface area (Å²) in [5.41, 5.74) is 1.66. The summed E-state index contributed by atoms with van der Waals surface area (Å²) in [6, 6.07) is 13.2. The summed E-state index contributed by atoms with van der Waals surface area (Å²) in [6.45, 7) is 1.68. The number of fused-ring (bicyclic) bond motifs is 3. The second-order valence-corrected chi connectivity index (χ2v) is 9.57. The van der Waals surface area contributed by atoms with Gasteiger partial charge in [0.25, 0.3) is 0 Å². The number of rotatable bonds is 6. The summed E-state index contributed by atoms with van der Waals surface area (Å²) >= 11 is 6.09. The van der Waals surface area contributed by atoms with Gasteiger partial charge in [0, 0.05) is 34.3 Å². The molecular weight excluding hydrogens is 384 g/mol. The quantitative estimate of drug-likeness (QED) is 0.492. The second kappa shape index (κ2) is 8.17. The van der Waals surface area contributed by atoms with Gasteiger partial charge >= 0.3 is 0 Å². The van der Waals surface area contributed by atoms with Gasteiger partial charge in [-0.3, -0.25) is 0 Å². The van der Waals surface area contributed by atoms with Gasteiger partial charge in [-0.1, -0.05) is 18.0 Å². The molecule has 2 unspecified atom stereocenters. The van der Waals surface area contributed by atoms with Crippen LogP contribution in [0.15, 0.2) is 40.8 Å². The lowest BCUT2D eigenvalue weighted by molar-refractivity contribution is -0.918. The molecule has 1 aliphatic rings. The molecule has 156 valence electrons. The Balaban J connectivity index is 1.44. The van der Waals surface area contributed by atoms with E-state index in [0.29, 0.717) is 23.7 Å². The van der Waals surface area contributed by atoms with Crippen molar-refractivity contribution < 1.29 is 13.6 Å². The Hall–Kier alpha value is -1.75. The maximum atomic E-state index is 6.14. The first-order valence-corrected chi connectivity index (χ1v) is 11.0. The number of hydrogen-bond acceptors (Lipinski definition) is 3. The molecule has 2 aromatic carbocycles. The Morgan fingerprint density at radius 1 is 1.03 bits per heavy atom. The SMILES string of the molecule is CN(C)C1CCCCC1[N+](C)(C)CCOc1ccc2c(c1)oc1cc(Cl)ccc12. The summed E-state index contributed by atoms with van der Waals surface area (Å²) in [4.78, 5) is 2.41. The molecule has 1 aliphatic carbocycles. The molecule has 5 heteroatoms. The Morgan fingerprint density at radius 2 is 1.72 bits per heavy atom. The molecule has 1 heterocycles. The van der Waals surface area contributed by atoms with Crippen LogP contribution in [-0.2, 0) is 0 Å². The summed E-state index contributed by atoms with van der Waals surface area (Å²) in [7, 11) is 9.13. The van der Waals surface area contributed by atoms with Crippen LogP contribution in [0.3, 0.4) is 0 Å². The minimum atomic E-state index is 0.650. The molecule has 1 fully saturated rings. The first-order valence-electron chi connectivity index (χ1n) is 10.6. The topological polar surface area (TPSA) is 25.6 Å². The minimum absolute atomic E-state index is 0.650. The molecule has 0 saturated heterocycles. The Labute approximate surface area is 178 Å². The summed E-state index contributed by atoms with van der Waals surface area (Å²) in [5, 5.41) is 2.86. The van der Waals surface area contributed by atoms with E-state index in [-0.39, 0.29) is 0 Å². The van der Waals surface area contributed by atoms with Crippen molar-refractivity contribution in [3.8, 4) is 5.75 Å². The number of benzene rings is 2. The van der Waals surface area contributed by atoms with Crippen molar-refractivity contribution in [2.45, 2.75) is 37.8 Å². The largest absolute Gasteiger partial charge is 0.488 e. The fourth-order valence-corrected chi connectivity index (χ4v) is 5.06. The number of furan rings is 1. The van der Waals surface area contributed by atoms with Crippen molar-refractivity contribution in [2.75, 3.05) is 41.3 Å². The first-order chi connectivity index (χ1) is 13.8. The molecule has 0 N–H and O–H groups in total. The zero-order chi connectivity index (χ0) is 20.6. The maximum absolute atomic E-state index is 6.14. The van der Waals surface area contributed by atoms with Crippen LogP contribution in [0.1, 0.15) is 25.7 Å². The van der Waals surface area contributed by atoms with Crippen LogP contribution in [0.25, 0.3) is 21.9 Å². The highest BCUT2D eigenvalue weighted by Gasteiger charge is 2.38. The van der Waals surface area contributed by atoms with Crippen molar-refractivity contribution in [1.29, 1.82) is 0 Å². The van der Waals surface area contributed by atoms with Gasteiger partial charge in [-0.15, -0.1) is 0 Å². The lowest BCUT2D eigenvalue weighted by atomic mass is 9.87. The van der Waals surface area contributed by atoms with Gasteiger partial charge in [0.15, 0.2) is 0 Å². The van der Waals surface area contributed by atoms with E-state index in [4.69, 9.17) is 20.8 Å². The molecule has 2 atom stereocenters. The number of ether oxygens (including phenoxy) is 1. The van der Waals surface area contributed by atoms with Crippen molar-refractivity contribution >= 4 is 33.5 Å². The molecular formula is C24H32ClN2O2+. The predicted molar refractivity (Wildman–Crippen MR) is 121 cm³/mol. The highest BCUT2D eigenvalue weighted by molar-refractivity contribution is 6.31. The molecule has 0 bridgehead atoms. The van der Waals surface area contributed by atoms with Crippen LogP contribution in [-0.4, -0.2) is 62.8 Å². The molecule has 0 amide bonds. The van der Waals surface area contributed by atoms with E-state index in [2.05, 4.69) is 39.2 Å². The molecule has 3 aromatic rings. The third kappa shape index (κ3) is 4.25. The van der Waals surface area contributed by atoms with Crippen molar-refractivity contribution in [1.82, 2.24) is 4.90 Å². The highest BCUT2D eigenvalue weighted by Crippen LogP contribution is 2.33. The van der Waals surface area contributed by atoms with E-state index in [9.17, 15) is 0 Å². The van der Waals surface area contributed by atoms with E-state index < -0.39 is 0 Å². The van der Waals surface area contributed by atoms with Gasteiger partial charge in [0.2, 0.25) is 0 Å². The summed E-state index contributed by atoms with van der Waals surface area (Å²) in [5.74, 6) is 0.857. The molecule has 0 radical (unpaired) electrons. The van der Waals surface area contributed by atoms with E-state index in [0.717, 1.165) is 38.7 Å². The second-order valence-electron chi connectivity index (χ2n) is 9.13. The highest BCUT2D eigenvalue weighted by atomic mass is 35.5. The van der Waals surface area contributed by atoms with Gasteiger partial charge in [-0.2, -0.15) is 0 Å². The molecule has 29 heavy (non-hydrogen) atoms. The third-order valence-corrected chi connectivity index (χ3v) is 6.83. The van der Waals surface area contributed by atoms with E-state index >= 15 is 0 Å². The fourth-order valence-electron chi connectivity index (χ4n) is 4.89. The number of quaternary nitrogens is 1. The Morgan fingerprint density at radius 3 is 2.48 bits per heavy atom. The van der Waals surface area contributed by atoms with Crippen LogP contribution in [0.5, 0.6) is 5.75 Å². The lowest BCUT2D eigenvalue weighted by Gasteiger charge is -2.46. The number of nitrogens with zero attached hydrogens (tertiary/aromatic N) is 2. The Kier molecular flexibility index (Phi) is 5.78. The van der Waals surface area contributed by atoms with Crippen molar-refractivity contribution in [3.05, 3.63) is 41.4 Å². The number of likely N-dealkylation sites (N-methyl/N-ethyl adjacent to an activating group) is 2. The standard InChI is InChI=1S/C24H32ClN2O2/c1-26(2)21-7-5-6-8-22(21)27(3,4)13-14-28-18-10-12-20-19-11-9-17(25)15-23(19)29-24(20)16-18/h9-12,15-16,21-22H,5-8,13-14H2,1-4H3/q+1. The van der Waals surface area contributed by atoms with Crippen LogP contribution in [0, 0.1) is 0 Å².